The monoisotopic (exact) mass is 551 g/mol. The minimum absolute atomic E-state index is 0.0517. The van der Waals surface area contributed by atoms with Gasteiger partial charge in [-0.2, -0.15) is 0 Å². The number of primary amides is 1. The topological polar surface area (TPSA) is 165 Å². The van der Waals surface area contributed by atoms with Crippen LogP contribution in [0.3, 0.4) is 0 Å². The molecule has 0 radical (unpaired) electrons. The van der Waals surface area contributed by atoms with Gasteiger partial charge in [0.05, 0.1) is 11.6 Å². The van der Waals surface area contributed by atoms with E-state index in [1.807, 2.05) is 19.9 Å². The third-order valence-corrected chi connectivity index (χ3v) is 8.99. The largest absolute Gasteiger partial charge is 0.508 e. The highest BCUT2D eigenvalue weighted by molar-refractivity contribution is 6.24. The number of nitrogens with two attached hydrogens (primary N) is 1. The predicted molar refractivity (Wildman–Crippen MR) is 147 cm³/mol. The molecule has 1 aliphatic heterocycles. The minimum Gasteiger partial charge on any atom is -0.508 e. The molecule has 1 amide bonds. The van der Waals surface area contributed by atoms with Crippen LogP contribution in [0.15, 0.2) is 35.1 Å². The number of amides is 1. The normalized spacial score (nSPS) is 28.7. The number of aliphatic hydroxyl groups is 3. The van der Waals surface area contributed by atoms with E-state index >= 15 is 0 Å². The quantitative estimate of drug-likeness (QED) is 0.271. The molecule has 0 spiro atoms. The minimum atomic E-state index is -2.64. The predicted octanol–water partition coefficient (Wildman–Crippen LogP) is 1.85. The average molecular weight is 552 g/mol. The molecule has 1 aromatic rings. The lowest BCUT2D eigenvalue weighted by Crippen LogP contribution is -2.65. The Bertz CT molecular complexity index is 1410. The smallest absolute Gasteiger partial charge is 0.255 e. The number of rotatable bonds is 5. The number of carbonyl (C=O) groups is 3. The first-order chi connectivity index (χ1) is 18.8. The summed E-state index contributed by atoms with van der Waals surface area (Å²) >= 11 is 0. The molecule has 6 N–H and O–H groups in total. The van der Waals surface area contributed by atoms with Crippen molar-refractivity contribution in [3.8, 4) is 5.75 Å². The fraction of sp³-hybridized carbons (Fsp3) is 0.500. The lowest BCUT2D eigenvalue weighted by atomic mass is 9.57. The third kappa shape index (κ3) is 4.00. The Balaban J connectivity index is 1.70. The Kier molecular flexibility index (Phi) is 6.92. The Hall–Kier alpha value is -3.47. The molecule has 40 heavy (non-hydrogen) atoms. The van der Waals surface area contributed by atoms with E-state index in [-0.39, 0.29) is 29.2 Å². The number of benzene rings is 1. The number of likely N-dealkylation sites (N-methyl/N-ethyl adjacent to an activating group) is 1. The zero-order valence-corrected chi connectivity index (χ0v) is 23.3. The van der Waals surface area contributed by atoms with E-state index in [0.29, 0.717) is 18.5 Å². The zero-order valence-electron chi connectivity index (χ0n) is 23.3. The third-order valence-electron chi connectivity index (χ3n) is 8.99. The first-order valence-electron chi connectivity index (χ1n) is 13.7. The fourth-order valence-corrected chi connectivity index (χ4v) is 7.11. The van der Waals surface area contributed by atoms with E-state index < -0.39 is 58.0 Å². The van der Waals surface area contributed by atoms with Gasteiger partial charge in [-0.25, -0.2) is 0 Å². The van der Waals surface area contributed by atoms with Crippen LogP contribution in [0.1, 0.15) is 54.9 Å². The molecule has 0 aromatic heterocycles. The van der Waals surface area contributed by atoms with E-state index in [1.165, 1.54) is 4.90 Å². The summed E-state index contributed by atoms with van der Waals surface area (Å²) in [5.41, 5.74) is 4.26. The summed E-state index contributed by atoms with van der Waals surface area (Å²) in [7, 11) is 3.17. The highest BCUT2D eigenvalue weighted by atomic mass is 16.3. The van der Waals surface area contributed by atoms with Crippen LogP contribution in [0.2, 0.25) is 0 Å². The molecule has 3 aliphatic carbocycles. The highest BCUT2D eigenvalue weighted by Crippen LogP contribution is 2.53. The van der Waals surface area contributed by atoms with Gasteiger partial charge in [-0.15, -0.1) is 0 Å². The number of phenols is 1. The van der Waals surface area contributed by atoms with Crippen molar-refractivity contribution >= 4 is 23.2 Å². The highest BCUT2D eigenvalue weighted by Gasteiger charge is 2.64. The number of hydrogen-bond acceptors (Lipinski definition) is 9. The van der Waals surface area contributed by atoms with Crippen molar-refractivity contribution in [2.75, 3.05) is 27.2 Å². The summed E-state index contributed by atoms with van der Waals surface area (Å²) in [5.74, 6) is -6.28. The standard InChI is InChI=1S/C30H37N3O7/c1-14(2)17-11-16(13-33-8-6-5-7-9-33)24(34)21-18(17)10-15-12-19-23(32(3)4)26(36)22(29(31)39)28(38)30(19,40)27(37)20(15)25(21)35/h5-6,11,14-15,19,23,34-35,38,40H,7-10,12-13H2,1-4H3,(H2,31,39)/t15-,19-,23-,30-/m0/s1. The van der Waals surface area contributed by atoms with E-state index in [4.69, 9.17) is 5.73 Å². The van der Waals surface area contributed by atoms with Gasteiger partial charge in [0.2, 0.25) is 5.78 Å². The number of Topliss-reactive ketones (excluding diaryl/α,β-unsaturated/α-hetero) is 2. The van der Waals surface area contributed by atoms with Gasteiger partial charge in [-0.05, 0) is 56.3 Å². The van der Waals surface area contributed by atoms with Crippen molar-refractivity contribution in [1.82, 2.24) is 9.80 Å². The van der Waals surface area contributed by atoms with Gasteiger partial charge in [0, 0.05) is 36.7 Å². The Morgan fingerprint density at radius 1 is 1.20 bits per heavy atom. The first-order valence-corrected chi connectivity index (χ1v) is 13.7. The molecular weight excluding hydrogens is 514 g/mol. The van der Waals surface area contributed by atoms with Gasteiger partial charge in [-0.3, -0.25) is 24.2 Å². The van der Waals surface area contributed by atoms with Crippen molar-refractivity contribution in [3.05, 3.63) is 57.4 Å². The Morgan fingerprint density at radius 2 is 1.90 bits per heavy atom. The molecule has 5 rings (SSSR count). The number of carbonyl (C=O) groups excluding carboxylic acids is 3. The van der Waals surface area contributed by atoms with Gasteiger partial charge < -0.3 is 26.2 Å². The van der Waals surface area contributed by atoms with Crippen molar-refractivity contribution in [3.63, 3.8) is 0 Å². The molecular formula is C30H37N3O7. The second kappa shape index (κ2) is 9.87. The van der Waals surface area contributed by atoms with Crippen LogP contribution in [0.5, 0.6) is 5.75 Å². The number of aromatic hydroxyl groups is 1. The lowest BCUT2D eigenvalue weighted by molar-refractivity contribution is -0.153. The summed E-state index contributed by atoms with van der Waals surface area (Å²) in [6.45, 7) is 6.06. The van der Waals surface area contributed by atoms with E-state index in [0.717, 1.165) is 30.6 Å². The molecule has 10 heteroatoms. The molecule has 0 unspecified atom stereocenters. The van der Waals surface area contributed by atoms with E-state index in [1.54, 1.807) is 14.1 Å². The van der Waals surface area contributed by atoms with Crippen LogP contribution in [-0.4, -0.2) is 86.5 Å². The number of nitrogens with zero attached hydrogens (tertiary/aromatic N) is 2. The summed E-state index contributed by atoms with van der Waals surface area (Å²) in [5, 5.41) is 45.9. The summed E-state index contributed by atoms with van der Waals surface area (Å²) in [6, 6.07) is 0.869. The van der Waals surface area contributed by atoms with Crippen LogP contribution < -0.4 is 5.73 Å². The number of ketones is 2. The average Bonchev–Trinajstić information content (AvgIpc) is 2.87. The summed E-state index contributed by atoms with van der Waals surface area (Å²) in [4.78, 5) is 43.2. The fourth-order valence-electron chi connectivity index (χ4n) is 7.11. The van der Waals surface area contributed by atoms with Crippen molar-refractivity contribution in [2.24, 2.45) is 17.6 Å². The molecule has 214 valence electrons. The molecule has 0 saturated heterocycles. The summed E-state index contributed by atoms with van der Waals surface area (Å²) < 4.78 is 0. The number of phenolic OH excluding ortho intramolecular Hbond substituents is 1. The van der Waals surface area contributed by atoms with Crippen molar-refractivity contribution in [2.45, 2.75) is 57.2 Å². The van der Waals surface area contributed by atoms with Crippen LogP contribution in [-0.2, 0) is 27.3 Å². The number of fused-ring (bicyclic) bond motifs is 3. The molecule has 4 atom stereocenters. The maximum Gasteiger partial charge on any atom is 0.255 e. The van der Waals surface area contributed by atoms with Gasteiger partial charge in [-0.1, -0.05) is 32.1 Å². The molecule has 0 bridgehead atoms. The second-order valence-electron chi connectivity index (χ2n) is 11.9. The van der Waals surface area contributed by atoms with Crippen LogP contribution in [0, 0.1) is 11.8 Å². The first kappa shape index (κ1) is 28.1. The molecule has 1 aromatic carbocycles. The number of hydrogen-bond donors (Lipinski definition) is 5. The molecule has 1 fully saturated rings. The lowest BCUT2D eigenvalue weighted by Gasteiger charge is -2.50. The van der Waals surface area contributed by atoms with Crippen LogP contribution >= 0.6 is 0 Å². The molecule has 1 saturated carbocycles. The van der Waals surface area contributed by atoms with Gasteiger partial charge >= 0.3 is 0 Å². The van der Waals surface area contributed by atoms with Gasteiger partial charge in [0.25, 0.3) is 5.91 Å². The van der Waals surface area contributed by atoms with Crippen molar-refractivity contribution < 1.29 is 34.8 Å². The Morgan fingerprint density at radius 3 is 2.48 bits per heavy atom. The van der Waals surface area contributed by atoms with Crippen LogP contribution in [0.25, 0.3) is 5.76 Å². The molecule has 1 heterocycles. The maximum absolute atomic E-state index is 14.1. The SMILES string of the molecule is CC(C)c1cc(CN2CC=CCC2)c(O)c2c1C[C@H]1C[C@H]3[C@H](N(C)C)C(=O)C(C(N)=O)=C(O)[C@@]3(O)C(=O)C1=C2O. The van der Waals surface area contributed by atoms with E-state index in [9.17, 15) is 34.8 Å². The zero-order chi connectivity index (χ0) is 29.3. The Labute approximate surface area is 233 Å². The van der Waals surface area contributed by atoms with E-state index in [2.05, 4.69) is 17.1 Å². The van der Waals surface area contributed by atoms with Gasteiger partial charge in [0.1, 0.15) is 22.8 Å². The molecule has 4 aliphatic rings. The molecule has 10 nitrogen and oxygen atoms in total. The van der Waals surface area contributed by atoms with Crippen LogP contribution in [0.4, 0.5) is 0 Å². The summed E-state index contributed by atoms with van der Waals surface area (Å²) in [6.07, 6.45) is 5.45. The maximum atomic E-state index is 14.1. The van der Waals surface area contributed by atoms with Crippen molar-refractivity contribution in [1.29, 1.82) is 0 Å². The second-order valence-corrected chi connectivity index (χ2v) is 11.9. The van der Waals surface area contributed by atoms with Gasteiger partial charge in [0.15, 0.2) is 11.4 Å². The number of aliphatic hydroxyl groups excluding tert-OH is 2.